The number of nitrogens with zero attached hydrogens (tertiary/aromatic N) is 6. The molecule has 1 aliphatic heterocycles. The van der Waals surface area contributed by atoms with Gasteiger partial charge < -0.3 is 9.47 Å². The summed E-state index contributed by atoms with van der Waals surface area (Å²) in [6.45, 7) is 4.97. The van der Waals surface area contributed by atoms with Gasteiger partial charge in [0.25, 0.3) is 5.91 Å². The first-order valence-corrected chi connectivity index (χ1v) is 9.89. The van der Waals surface area contributed by atoms with Gasteiger partial charge in [-0.25, -0.2) is 9.97 Å². The fourth-order valence-corrected chi connectivity index (χ4v) is 4.04. The van der Waals surface area contributed by atoms with E-state index in [4.69, 9.17) is 0 Å². The Morgan fingerprint density at radius 1 is 1.35 bits per heavy atom. The number of imidazole rings is 1. The molecule has 26 heavy (non-hydrogen) atoms. The van der Waals surface area contributed by atoms with Gasteiger partial charge in [-0.05, 0) is 25.8 Å². The van der Waals surface area contributed by atoms with E-state index in [0.29, 0.717) is 12.2 Å². The lowest BCUT2D eigenvalue weighted by atomic mass is 9.96. The Balaban J connectivity index is 1.49. The van der Waals surface area contributed by atoms with E-state index in [9.17, 15) is 4.79 Å². The fraction of sp³-hybridized carbons (Fsp3) is 0.444. The highest BCUT2D eigenvalue weighted by Crippen LogP contribution is 2.27. The highest BCUT2D eigenvalue weighted by Gasteiger charge is 2.29. The van der Waals surface area contributed by atoms with Crippen molar-refractivity contribution >= 4 is 17.2 Å². The van der Waals surface area contributed by atoms with Crippen molar-refractivity contribution in [3.05, 3.63) is 52.8 Å². The lowest BCUT2D eigenvalue weighted by Gasteiger charge is -2.32. The van der Waals surface area contributed by atoms with Crippen LogP contribution in [-0.2, 0) is 13.1 Å². The van der Waals surface area contributed by atoms with E-state index >= 15 is 0 Å². The van der Waals surface area contributed by atoms with E-state index in [1.54, 1.807) is 22.1 Å². The van der Waals surface area contributed by atoms with Gasteiger partial charge in [-0.3, -0.25) is 9.48 Å². The van der Waals surface area contributed by atoms with Crippen molar-refractivity contribution in [2.24, 2.45) is 0 Å². The van der Waals surface area contributed by atoms with Gasteiger partial charge in [0.05, 0.1) is 17.7 Å². The van der Waals surface area contributed by atoms with Gasteiger partial charge in [0.1, 0.15) is 11.5 Å². The van der Waals surface area contributed by atoms with E-state index in [1.807, 2.05) is 35.9 Å². The Labute approximate surface area is 156 Å². The Morgan fingerprint density at radius 3 is 3.04 bits per heavy atom. The summed E-state index contributed by atoms with van der Waals surface area (Å²) in [5, 5.41) is 6.42. The minimum Gasteiger partial charge on any atom is -0.337 e. The summed E-state index contributed by atoms with van der Waals surface area (Å²) in [4.78, 5) is 23.7. The summed E-state index contributed by atoms with van der Waals surface area (Å²) < 4.78 is 3.94. The topological polar surface area (TPSA) is 68.8 Å². The third kappa shape index (κ3) is 3.41. The van der Waals surface area contributed by atoms with Crippen molar-refractivity contribution < 1.29 is 4.79 Å². The lowest BCUT2D eigenvalue weighted by molar-refractivity contribution is 0.0696. The van der Waals surface area contributed by atoms with E-state index in [0.717, 1.165) is 44.0 Å². The smallest absolute Gasteiger partial charge is 0.274 e. The Morgan fingerprint density at radius 2 is 2.27 bits per heavy atom. The van der Waals surface area contributed by atoms with Gasteiger partial charge in [0.2, 0.25) is 0 Å². The average Bonchev–Trinajstić information content (AvgIpc) is 3.43. The molecule has 0 aromatic carbocycles. The van der Waals surface area contributed by atoms with Crippen molar-refractivity contribution in [2.45, 2.75) is 38.8 Å². The predicted octanol–water partition coefficient (Wildman–Crippen LogP) is 2.62. The molecule has 0 unspecified atom stereocenters. The standard InChI is InChI=1S/C18H22N6OS/c1-2-24-8-5-16(21-24)18(25)23-7-3-4-14(10-23)17-19-6-9-22(17)11-15-12-26-13-20-15/h5-6,8-9,12-14H,2-4,7,10-11H2,1H3/t14-/m0/s1. The monoisotopic (exact) mass is 370 g/mol. The largest absolute Gasteiger partial charge is 0.337 e. The number of thiazole rings is 1. The van der Waals surface area contributed by atoms with Crippen molar-refractivity contribution in [1.29, 1.82) is 0 Å². The first-order chi connectivity index (χ1) is 12.7. The maximum atomic E-state index is 12.8. The number of carbonyl (C=O) groups excluding carboxylic acids is 1. The van der Waals surface area contributed by atoms with Crippen LogP contribution in [0, 0.1) is 0 Å². The number of aromatic nitrogens is 5. The first-order valence-electron chi connectivity index (χ1n) is 8.95. The highest BCUT2D eigenvalue weighted by atomic mass is 32.1. The Bertz CT molecular complexity index is 868. The summed E-state index contributed by atoms with van der Waals surface area (Å²) >= 11 is 1.60. The van der Waals surface area contributed by atoms with Crippen LogP contribution in [0.4, 0.5) is 0 Å². The van der Waals surface area contributed by atoms with Crippen LogP contribution in [0.2, 0.25) is 0 Å². The minimum atomic E-state index is 0.0134. The van der Waals surface area contributed by atoms with E-state index in [1.165, 1.54) is 0 Å². The van der Waals surface area contributed by atoms with E-state index < -0.39 is 0 Å². The molecule has 7 nitrogen and oxygen atoms in total. The third-order valence-corrected chi connectivity index (χ3v) is 5.46. The number of rotatable bonds is 5. The van der Waals surface area contributed by atoms with E-state index in [-0.39, 0.29) is 11.8 Å². The number of amides is 1. The van der Waals surface area contributed by atoms with Crippen LogP contribution in [0.3, 0.4) is 0 Å². The molecule has 8 heteroatoms. The van der Waals surface area contributed by atoms with E-state index in [2.05, 4.69) is 25.0 Å². The summed E-state index contributed by atoms with van der Waals surface area (Å²) in [5.74, 6) is 1.30. The molecule has 0 spiro atoms. The van der Waals surface area contributed by atoms with Crippen molar-refractivity contribution in [1.82, 2.24) is 29.2 Å². The molecule has 0 N–H and O–H groups in total. The SMILES string of the molecule is CCn1ccc(C(=O)N2CCC[C@H](c3nccn3Cc3cscn3)C2)n1. The van der Waals surface area contributed by atoms with Gasteiger partial charge in [-0.15, -0.1) is 11.3 Å². The Kier molecular flexibility index (Phi) is 4.83. The number of piperidine rings is 1. The maximum absolute atomic E-state index is 12.8. The molecule has 1 atom stereocenters. The number of carbonyl (C=O) groups is 1. The second-order valence-electron chi connectivity index (χ2n) is 6.54. The molecule has 0 bridgehead atoms. The molecule has 1 fully saturated rings. The molecule has 0 aliphatic carbocycles. The Hall–Kier alpha value is -2.48. The van der Waals surface area contributed by atoms with Crippen molar-refractivity contribution in [3.8, 4) is 0 Å². The van der Waals surface area contributed by atoms with Gasteiger partial charge in [-0.1, -0.05) is 0 Å². The third-order valence-electron chi connectivity index (χ3n) is 4.82. The molecule has 1 saturated heterocycles. The zero-order chi connectivity index (χ0) is 17.9. The zero-order valence-electron chi connectivity index (χ0n) is 14.8. The van der Waals surface area contributed by atoms with Gasteiger partial charge >= 0.3 is 0 Å². The molecule has 136 valence electrons. The second kappa shape index (κ2) is 7.41. The zero-order valence-corrected chi connectivity index (χ0v) is 15.6. The number of aryl methyl sites for hydroxylation is 1. The molecule has 3 aromatic heterocycles. The number of likely N-dealkylation sites (tertiary alicyclic amines) is 1. The summed E-state index contributed by atoms with van der Waals surface area (Å²) in [6.07, 6.45) is 7.72. The second-order valence-corrected chi connectivity index (χ2v) is 7.26. The molecule has 0 saturated carbocycles. The molecule has 4 heterocycles. The lowest BCUT2D eigenvalue weighted by Crippen LogP contribution is -2.40. The van der Waals surface area contributed by atoms with Crippen LogP contribution in [0.1, 0.15) is 47.7 Å². The molecular weight excluding hydrogens is 348 g/mol. The molecule has 3 aromatic rings. The summed E-state index contributed by atoms with van der Waals surface area (Å²) in [5.41, 5.74) is 3.42. The molecule has 1 amide bonds. The van der Waals surface area contributed by atoms with Gasteiger partial charge in [-0.2, -0.15) is 5.10 Å². The van der Waals surface area contributed by atoms with Crippen LogP contribution < -0.4 is 0 Å². The average molecular weight is 370 g/mol. The van der Waals surface area contributed by atoms with Crippen LogP contribution in [0.5, 0.6) is 0 Å². The van der Waals surface area contributed by atoms with Crippen LogP contribution in [0.25, 0.3) is 0 Å². The number of hydrogen-bond donors (Lipinski definition) is 0. The summed E-state index contributed by atoms with van der Waals surface area (Å²) in [6, 6.07) is 1.80. The van der Waals surface area contributed by atoms with Crippen molar-refractivity contribution in [3.63, 3.8) is 0 Å². The van der Waals surface area contributed by atoms with Gasteiger partial charge in [0.15, 0.2) is 0 Å². The summed E-state index contributed by atoms with van der Waals surface area (Å²) in [7, 11) is 0. The molecular formula is C18H22N6OS. The highest BCUT2D eigenvalue weighted by molar-refractivity contribution is 7.07. The van der Waals surface area contributed by atoms with Crippen LogP contribution in [0.15, 0.2) is 35.5 Å². The molecule has 1 aliphatic rings. The maximum Gasteiger partial charge on any atom is 0.274 e. The van der Waals surface area contributed by atoms with Crippen LogP contribution in [-0.4, -0.2) is 48.2 Å². The normalized spacial score (nSPS) is 17.6. The van der Waals surface area contributed by atoms with Crippen molar-refractivity contribution in [2.75, 3.05) is 13.1 Å². The molecule has 0 radical (unpaired) electrons. The first kappa shape index (κ1) is 17.0. The minimum absolute atomic E-state index is 0.0134. The number of hydrogen-bond acceptors (Lipinski definition) is 5. The van der Waals surface area contributed by atoms with Gasteiger partial charge in [0, 0.05) is 49.5 Å². The molecule has 4 rings (SSSR count). The predicted molar refractivity (Wildman–Crippen MR) is 99.2 cm³/mol. The fourth-order valence-electron chi connectivity index (χ4n) is 3.49. The van der Waals surface area contributed by atoms with Crippen LogP contribution >= 0.6 is 11.3 Å². The quantitative estimate of drug-likeness (QED) is 0.692.